The molecule has 0 aromatic carbocycles. The Balaban J connectivity index is 1.98. The van der Waals surface area contributed by atoms with Crippen LogP contribution in [-0.4, -0.2) is 40.3 Å². The van der Waals surface area contributed by atoms with Crippen LogP contribution in [0, 0.1) is 5.41 Å². The summed E-state index contributed by atoms with van der Waals surface area (Å²) in [5.74, 6) is -1.58. The molecule has 0 radical (unpaired) electrons. The number of hydrogen-bond acceptors (Lipinski definition) is 6. The monoisotopic (exact) mass is 408 g/mol. The Morgan fingerprint density at radius 1 is 1.27 bits per heavy atom. The van der Waals surface area contributed by atoms with Crippen LogP contribution in [0.4, 0.5) is 0 Å². The van der Waals surface area contributed by atoms with Crippen molar-refractivity contribution in [1.82, 2.24) is 0 Å². The molecule has 1 heterocycles. The minimum absolute atomic E-state index is 0.00403. The quantitative estimate of drug-likeness (QED) is 0.398. The van der Waals surface area contributed by atoms with Crippen molar-refractivity contribution < 1.29 is 29.3 Å². The van der Waals surface area contributed by atoms with Gasteiger partial charge in [-0.1, -0.05) is 36.5 Å². The van der Waals surface area contributed by atoms with E-state index in [1.165, 1.54) is 18.4 Å². The largest absolute Gasteiger partial charge is 0.507 e. The summed E-state index contributed by atoms with van der Waals surface area (Å²) in [6, 6.07) is 0. The van der Waals surface area contributed by atoms with Gasteiger partial charge in [-0.3, -0.25) is 14.4 Å². The number of aliphatic hydroxyl groups is 2. The number of carbonyl (C=O) groups excluding carboxylic acids is 3. The zero-order valence-electron chi connectivity index (χ0n) is 16.9. The maximum atomic E-state index is 13.1. The van der Waals surface area contributed by atoms with Crippen LogP contribution in [0.1, 0.15) is 26.7 Å². The van der Waals surface area contributed by atoms with Gasteiger partial charge in [-0.2, -0.15) is 0 Å². The molecule has 0 saturated carbocycles. The standard InChI is InChI=1S/C24H24O6/c1-3-4-5-6-7-8-16(26)11-20(27)22-19-10-15-9-17(13-25)30-14-18(15)23(29)24(19,2)12-21(22)28/h3-8,10-11,14,17,25,27H,9,12-13H2,1-2H3/b4-3+,6-5+,8-7+,20-11-/t17-,24-/m0/s1. The van der Waals surface area contributed by atoms with E-state index in [0.29, 0.717) is 23.1 Å². The molecule has 6 nitrogen and oxygen atoms in total. The van der Waals surface area contributed by atoms with Crippen LogP contribution >= 0.6 is 0 Å². The second kappa shape index (κ2) is 8.63. The minimum atomic E-state index is -1.12. The summed E-state index contributed by atoms with van der Waals surface area (Å²) in [4.78, 5) is 37.9. The van der Waals surface area contributed by atoms with Gasteiger partial charge < -0.3 is 14.9 Å². The van der Waals surface area contributed by atoms with E-state index in [2.05, 4.69) is 0 Å². The number of carbonyl (C=O) groups is 3. The molecule has 0 saturated heterocycles. The zero-order valence-corrected chi connectivity index (χ0v) is 16.9. The number of rotatable bonds is 6. The van der Waals surface area contributed by atoms with E-state index in [1.807, 2.05) is 13.0 Å². The summed E-state index contributed by atoms with van der Waals surface area (Å²) in [5.41, 5.74) is 0.318. The lowest BCUT2D eigenvalue weighted by Crippen LogP contribution is -2.36. The summed E-state index contributed by atoms with van der Waals surface area (Å²) in [6.07, 6.45) is 13.7. The van der Waals surface area contributed by atoms with Gasteiger partial charge in [-0.05, 0) is 31.1 Å². The molecule has 6 heteroatoms. The van der Waals surface area contributed by atoms with Crippen molar-refractivity contribution in [2.45, 2.75) is 32.8 Å². The Bertz CT molecular complexity index is 999. The molecular formula is C24H24O6. The molecule has 0 fully saturated rings. The lowest BCUT2D eigenvalue weighted by atomic mass is 9.69. The third-order valence-electron chi connectivity index (χ3n) is 5.42. The smallest absolute Gasteiger partial charge is 0.182 e. The highest BCUT2D eigenvalue weighted by atomic mass is 16.5. The van der Waals surface area contributed by atoms with E-state index in [1.54, 1.807) is 31.2 Å². The predicted molar refractivity (Wildman–Crippen MR) is 111 cm³/mol. The van der Waals surface area contributed by atoms with E-state index >= 15 is 0 Å². The van der Waals surface area contributed by atoms with Crippen molar-refractivity contribution >= 4 is 17.3 Å². The first-order valence-electron chi connectivity index (χ1n) is 9.73. The van der Waals surface area contributed by atoms with Crippen molar-refractivity contribution in [2.24, 2.45) is 5.41 Å². The summed E-state index contributed by atoms with van der Waals surface area (Å²) >= 11 is 0. The third kappa shape index (κ3) is 3.91. The van der Waals surface area contributed by atoms with Crippen molar-refractivity contribution in [2.75, 3.05) is 6.61 Å². The Labute approximate surface area is 174 Å². The molecule has 0 amide bonds. The Hall–Kier alpha value is -3.25. The molecule has 2 atom stereocenters. The molecule has 156 valence electrons. The van der Waals surface area contributed by atoms with Gasteiger partial charge in [-0.25, -0.2) is 0 Å². The van der Waals surface area contributed by atoms with Gasteiger partial charge in [0.2, 0.25) is 0 Å². The number of aliphatic hydroxyl groups excluding tert-OH is 2. The van der Waals surface area contributed by atoms with Gasteiger partial charge >= 0.3 is 0 Å². The Morgan fingerprint density at radius 3 is 2.70 bits per heavy atom. The van der Waals surface area contributed by atoms with E-state index in [0.717, 1.165) is 6.08 Å². The number of allylic oxidation sites excluding steroid dienone is 11. The molecule has 0 spiro atoms. The van der Waals surface area contributed by atoms with E-state index < -0.39 is 28.8 Å². The first kappa shape index (κ1) is 21.5. The molecular weight excluding hydrogens is 384 g/mol. The van der Waals surface area contributed by atoms with Crippen LogP contribution in [0.2, 0.25) is 0 Å². The second-order valence-corrected chi connectivity index (χ2v) is 7.60. The highest BCUT2D eigenvalue weighted by Gasteiger charge is 2.51. The lowest BCUT2D eigenvalue weighted by molar-refractivity contribution is -0.126. The van der Waals surface area contributed by atoms with Crippen LogP contribution in [0.3, 0.4) is 0 Å². The molecule has 0 aromatic heterocycles. The van der Waals surface area contributed by atoms with Crippen LogP contribution < -0.4 is 0 Å². The third-order valence-corrected chi connectivity index (χ3v) is 5.42. The first-order valence-corrected chi connectivity index (χ1v) is 9.73. The van der Waals surface area contributed by atoms with Gasteiger partial charge in [-0.15, -0.1) is 0 Å². The van der Waals surface area contributed by atoms with Crippen LogP contribution in [0.15, 0.2) is 82.9 Å². The number of ether oxygens (including phenoxy) is 1. The molecule has 0 aromatic rings. The summed E-state index contributed by atoms with van der Waals surface area (Å²) in [5, 5.41) is 19.9. The molecule has 3 rings (SSSR count). The SMILES string of the molecule is C/C=C/C=C/C=C/C(=O)/C=C(\O)C1=C2C=C3C[C@@H](CO)OC=C3C(=O)[C@@]2(C)CC1=O. The zero-order chi connectivity index (χ0) is 21.9. The van der Waals surface area contributed by atoms with Crippen molar-refractivity contribution in [3.05, 3.63) is 82.9 Å². The van der Waals surface area contributed by atoms with Crippen molar-refractivity contribution in [3.8, 4) is 0 Å². The van der Waals surface area contributed by atoms with E-state index in [9.17, 15) is 24.6 Å². The number of ketones is 3. The maximum absolute atomic E-state index is 13.1. The van der Waals surface area contributed by atoms with Gasteiger partial charge in [0.15, 0.2) is 17.3 Å². The maximum Gasteiger partial charge on any atom is 0.182 e. The minimum Gasteiger partial charge on any atom is -0.507 e. The normalized spacial score (nSPS) is 26.9. The van der Waals surface area contributed by atoms with Gasteiger partial charge in [0.25, 0.3) is 0 Å². The number of Topliss-reactive ketones (excluding diaryl/α,β-unsaturated/α-hetero) is 2. The Kier molecular flexibility index (Phi) is 6.17. The number of fused-ring (bicyclic) bond motifs is 2. The topological polar surface area (TPSA) is 101 Å². The molecule has 0 bridgehead atoms. The predicted octanol–water partition coefficient (Wildman–Crippen LogP) is 3.14. The highest BCUT2D eigenvalue weighted by molar-refractivity contribution is 6.17. The first-order chi connectivity index (χ1) is 14.3. The summed E-state index contributed by atoms with van der Waals surface area (Å²) in [6.45, 7) is 3.32. The molecule has 30 heavy (non-hydrogen) atoms. The lowest BCUT2D eigenvalue weighted by Gasteiger charge is -2.34. The fraction of sp³-hybridized carbons (Fsp3) is 0.292. The second-order valence-electron chi connectivity index (χ2n) is 7.60. The van der Waals surface area contributed by atoms with E-state index in [4.69, 9.17) is 4.74 Å². The van der Waals surface area contributed by atoms with E-state index in [-0.39, 0.29) is 24.4 Å². The average Bonchev–Trinajstić information content (AvgIpc) is 2.98. The van der Waals surface area contributed by atoms with Crippen LogP contribution in [0.5, 0.6) is 0 Å². The van der Waals surface area contributed by atoms with Gasteiger partial charge in [0, 0.05) is 18.9 Å². The van der Waals surface area contributed by atoms with Crippen LogP contribution in [0.25, 0.3) is 0 Å². The van der Waals surface area contributed by atoms with Crippen molar-refractivity contribution in [1.29, 1.82) is 0 Å². The summed E-state index contributed by atoms with van der Waals surface area (Å²) < 4.78 is 5.38. The van der Waals surface area contributed by atoms with Crippen LogP contribution in [-0.2, 0) is 19.1 Å². The van der Waals surface area contributed by atoms with Gasteiger partial charge in [0.1, 0.15) is 11.9 Å². The Morgan fingerprint density at radius 2 is 2.00 bits per heavy atom. The molecule has 1 aliphatic heterocycles. The summed E-state index contributed by atoms with van der Waals surface area (Å²) in [7, 11) is 0. The molecule has 0 unspecified atom stereocenters. The number of hydrogen-bond donors (Lipinski definition) is 2. The highest BCUT2D eigenvalue weighted by Crippen LogP contribution is 2.51. The van der Waals surface area contributed by atoms with Crippen molar-refractivity contribution in [3.63, 3.8) is 0 Å². The average molecular weight is 408 g/mol. The van der Waals surface area contributed by atoms with Gasteiger partial charge in [0.05, 0.1) is 29.4 Å². The molecule has 2 aliphatic carbocycles. The molecule has 2 N–H and O–H groups in total. The molecule has 3 aliphatic rings. The fourth-order valence-electron chi connectivity index (χ4n) is 3.85. The fourth-order valence-corrected chi connectivity index (χ4v) is 3.85.